The van der Waals surface area contributed by atoms with Gasteiger partial charge in [0.2, 0.25) is 5.91 Å². The van der Waals surface area contributed by atoms with Gasteiger partial charge in [0, 0.05) is 17.1 Å². The summed E-state index contributed by atoms with van der Waals surface area (Å²) in [5, 5.41) is 8.47. The second-order valence-electron chi connectivity index (χ2n) is 7.62. The number of hydrogen-bond donors (Lipinski definition) is 1. The number of aryl methyl sites for hydroxylation is 1. The Hall–Kier alpha value is -3.04. The van der Waals surface area contributed by atoms with Crippen LogP contribution in [0.25, 0.3) is 16.7 Å². The quantitative estimate of drug-likeness (QED) is 0.351. The molecule has 3 heterocycles. The number of aromatic nitrogens is 4. The molecule has 0 spiro atoms. The number of para-hydroxylation sites is 1. The lowest BCUT2D eigenvalue weighted by Crippen LogP contribution is -2.27. The molecule has 1 aliphatic rings. The summed E-state index contributed by atoms with van der Waals surface area (Å²) in [6.07, 6.45) is 3.75. The third-order valence-electron chi connectivity index (χ3n) is 5.45. The van der Waals surface area contributed by atoms with Crippen molar-refractivity contribution in [2.45, 2.75) is 29.4 Å². The van der Waals surface area contributed by atoms with Crippen LogP contribution in [0.3, 0.4) is 0 Å². The summed E-state index contributed by atoms with van der Waals surface area (Å²) >= 11 is 3.08. The number of hydrogen-bond acceptors (Lipinski definition) is 6. The van der Waals surface area contributed by atoms with E-state index < -0.39 is 0 Å². The molecule has 9 heteroatoms. The maximum absolute atomic E-state index is 13.3. The molecule has 1 unspecified atom stereocenters. The van der Waals surface area contributed by atoms with Crippen molar-refractivity contribution in [1.29, 1.82) is 0 Å². The average Bonchev–Trinajstić information content (AvgIpc) is 3.40. The smallest absolute Gasteiger partial charge is 0.265 e. The summed E-state index contributed by atoms with van der Waals surface area (Å²) in [6, 6.07) is 15.4. The van der Waals surface area contributed by atoms with Crippen LogP contribution in [0.15, 0.2) is 69.6 Å². The number of fused-ring (bicyclic) bond motifs is 2. The lowest BCUT2D eigenvalue weighted by Gasteiger charge is -2.14. The highest BCUT2D eigenvalue weighted by Crippen LogP contribution is 2.34. The Kier molecular flexibility index (Phi) is 5.52. The van der Waals surface area contributed by atoms with E-state index in [-0.39, 0.29) is 23.9 Å². The maximum atomic E-state index is 13.3. The molecule has 4 aromatic rings. The number of nitrogens with one attached hydrogen (secondary N) is 1. The van der Waals surface area contributed by atoms with E-state index in [1.807, 2.05) is 61.7 Å². The molecule has 32 heavy (non-hydrogen) atoms. The minimum atomic E-state index is -0.247. The molecule has 0 aliphatic carbocycles. The van der Waals surface area contributed by atoms with Gasteiger partial charge >= 0.3 is 0 Å². The van der Waals surface area contributed by atoms with Gasteiger partial charge in [0.05, 0.1) is 23.6 Å². The molecule has 1 N–H and O–H groups in total. The Labute approximate surface area is 193 Å². The molecule has 0 saturated carbocycles. The van der Waals surface area contributed by atoms with E-state index in [1.54, 1.807) is 27.2 Å². The molecule has 2 aromatic heterocycles. The molecule has 1 aliphatic heterocycles. The second kappa shape index (κ2) is 8.48. The number of anilines is 1. The summed E-state index contributed by atoms with van der Waals surface area (Å²) in [7, 11) is 0. The zero-order valence-corrected chi connectivity index (χ0v) is 19.2. The molecule has 5 rings (SSSR count). The first-order valence-corrected chi connectivity index (χ1v) is 12.4. The number of thioether (sulfide) groups is 2. The van der Waals surface area contributed by atoms with Crippen LogP contribution < -0.4 is 10.9 Å². The van der Waals surface area contributed by atoms with Gasteiger partial charge in [-0.3, -0.25) is 14.2 Å². The highest BCUT2D eigenvalue weighted by Gasteiger charge is 2.29. The van der Waals surface area contributed by atoms with Crippen molar-refractivity contribution in [3.05, 3.63) is 70.6 Å². The first kappa shape index (κ1) is 20.8. The first-order chi connectivity index (χ1) is 15.5. The van der Waals surface area contributed by atoms with Gasteiger partial charge in [-0.1, -0.05) is 41.6 Å². The van der Waals surface area contributed by atoms with Crippen LogP contribution in [0, 0.1) is 6.92 Å². The zero-order valence-electron chi connectivity index (χ0n) is 17.6. The van der Waals surface area contributed by atoms with E-state index in [0.29, 0.717) is 21.9 Å². The van der Waals surface area contributed by atoms with Crippen LogP contribution in [-0.2, 0) is 4.79 Å². The van der Waals surface area contributed by atoms with Crippen molar-refractivity contribution < 1.29 is 4.79 Å². The third kappa shape index (κ3) is 3.71. The van der Waals surface area contributed by atoms with Crippen molar-refractivity contribution in [3.8, 4) is 5.69 Å². The van der Waals surface area contributed by atoms with Gasteiger partial charge in [-0.25, -0.2) is 9.67 Å². The summed E-state index contributed by atoms with van der Waals surface area (Å²) in [5.41, 5.74) is 3.17. The number of carbonyl (C=O) groups excluding carboxylic acids is 1. The van der Waals surface area contributed by atoms with Crippen molar-refractivity contribution in [2.24, 2.45) is 0 Å². The lowest BCUT2D eigenvalue weighted by atomic mass is 10.2. The van der Waals surface area contributed by atoms with E-state index in [1.165, 1.54) is 11.8 Å². The van der Waals surface area contributed by atoms with Crippen LogP contribution in [0.4, 0.5) is 5.69 Å². The Morgan fingerprint density at radius 1 is 1.22 bits per heavy atom. The van der Waals surface area contributed by atoms with E-state index in [2.05, 4.69) is 10.4 Å². The number of nitrogens with zero attached hydrogens (tertiary/aromatic N) is 4. The Morgan fingerprint density at radius 3 is 2.78 bits per heavy atom. The molecule has 2 aromatic carbocycles. The topological polar surface area (TPSA) is 81.8 Å². The average molecular weight is 464 g/mol. The van der Waals surface area contributed by atoms with Gasteiger partial charge in [-0.05, 0) is 37.4 Å². The van der Waals surface area contributed by atoms with E-state index in [4.69, 9.17) is 4.98 Å². The van der Waals surface area contributed by atoms with Gasteiger partial charge in [0.25, 0.3) is 5.56 Å². The zero-order chi connectivity index (χ0) is 22.2. The number of carbonyl (C=O) groups is 1. The van der Waals surface area contributed by atoms with Crippen molar-refractivity contribution >= 4 is 46.2 Å². The largest absolute Gasteiger partial charge is 0.325 e. The van der Waals surface area contributed by atoms with Crippen LogP contribution >= 0.6 is 23.5 Å². The minimum absolute atomic E-state index is 0.118. The van der Waals surface area contributed by atoms with Crippen molar-refractivity contribution in [1.82, 2.24) is 19.3 Å². The Balaban J connectivity index is 1.44. The van der Waals surface area contributed by atoms with E-state index in [9.17, 15) is 9.59 Å². The molecule has 1 amide bonds. The van der Waals surface area contributed by atoms with Crippen molar-refractivity contribution in [2.75, 3.05) is 17.3 Å². The van der Waals surface area contributed by atoms with Gasteiger partial charge in [-0.15, -0.1) is 11.8 Å². The summed E-state index contributed by atoms with van der Waals surface area (Å²) < 4.78 is 3.34. The number of rotatable bonds is 5. The monoisotopic (exact) mass is 463 g/mol. The molecule has 0 bridgehead atoms. The number of benzene rings is 2. The van der Waals surface area contributed by atoms with Crippen LogP contribution in [0.2, 0.25) is 0 Å². The normalized spacial score (nSPS) is 15.1. The van der Waals surface area contributed by atoms with Crippen molar-refractivity contribution in [3.63, 3.8) is 0 Å². The fourth-order valence-corrected chi connectivity index (χ4v) is 5.50. The standard InChI is InChI=1S/C23H21N5O2S2/c1-14-7-9-15(10-8-14)28-21-17(12-24-28)22(30)27-16(13-32-23(27)26-21)11-20(29)25-18-5-3-4-6-19(18)31-2/h3-10,12,16H,11,13H2,1-2H3,(H,25,29). The predicted octanol–water partition coefficient (Wildman–Crippen LogP) is 4.29. The first-order valence-electron chi connectivity index (χ1n) is 10.2. The highest BCUT2D eigenvalue weighted by atomic mass is 32.2. The van der Waals surface area contributed by atoms with Crippen LogP contribution in [0.1, 0.15) is 18.0 Å². The van der Waals surface area contributed by atoms with Crippen LogP contribution in [0.5, 0.6) is 0 Å². The molecule has 7 nitrogen and oxygen atoms in total. The third-order valence-corrected chi connectivity index (χ3v) is 7.34. The molecule has 0 radical (unpaired) electrons. The summed E-state index contributed by atoms with van der Waals surface area (Å²) in [6.45, 7) is 2.02. The van der Waals surface area contributed by atoms with Crippen LogP contribution in [-0.4, -0.2) is 37.2 Å². The SMILES string of the molecule is CSc1ccccc1NC(=O)CC1CSc2nc3c(cnn3-c3ccc(C)cc3)c(=O)n21. The fourth-order valence-electron chi connectivity index (χ4n) is 3.82. The molecule has 162 valence electrons. The van der Waals surface area contributed by atoms with Gasteiger partial charge in [-0.2, -0.15) is 5.10 Å². The minimum Gasteiger partial charge on any atom is -0.325 e. The molecular formula is C23H21N5O2S2. The van der Waals surface area contributed by atoms with E-state index >= 15 is 0 Å². The van der Waals surface area contributed by atoms with Gasteiger partial charge in [0.1, 0.15) is 5.39 Å². The van der Waals surface area contributed by atoms with Gasteiger partial charge in [0.15, 0.2) is 10.8 Å². The number of amides is 1. The maximum Gasteiger partial charge on any atom is 0.265 e. The second-order valence-corrected chi connectivity index (χ2v) is 9.45. The predicted molar refractivity (Wildman–Crippen MR) is 129 cm³/mol. The molecular weight excluding hydrogens is 442 g/mol. The molecule has 0 fully saturated rings. The summed E-state index contributed by atoms with van der Waals surface area (Å²) in [5.74, 6) is 0.511. The van der Waals surface area contributed by atoms with E-state index in [0.717, 1.165) is 21.8 Å². The summed E-state index contributed by atoms with van der Waals surface area (Å²) in [4.78, 5) is 31.8. The molecule has 1 atom stereocenters. The lowest BCUT2D eigenvalue weighted by molar-refractivity contribution is -0.116. The van der Waals surface area contributed by atoms with Gasteiger partial charge < -0.3 is 5.32 Å². The molecule has 0 saturated heterocycles. The Bertz CT molecular complexity index is 1380. The fraction of sp³-hybridized carbons (Fsp3) is 0.217. The highest BCUT2D eigenvalue weighted by molar-refractivity contribution is 7.99. The Morgan fingerprint density at radius 2 is 2.00 bits per heavy atom.